The zero-order valence-electron chi connectivity index (χ0n) is 12.2. The van der Waals surface area contributed by atoms with Crippen molar-refractivity contribution in [1.82, 2.24) is 29.8 Å². The van der Waals surface area contributed by atoms with Gasteiger partial charge in [0.05, 0.1) is 18.8 Å². The third kappa shape index (κ3) is 2.91. The molecule has 0 bridgehead atoms. The molecule has 0 spiro atoms. The molecule has 0 aliphatic heterocycles. The Morgan fingerprint density at radius 2 is 2.00 bits per heavy atom. The van der Waals surface area contributed by atoms with Crippen LogP contribution in [0.3, 0.4) is 0 Å². The number of thiazole rings is 1. The summed E-state index contributed by atoms with van der Waals surface area (Å²) in [5, 5.41) is 15.7. The lowest BCUT2D eigenvalue weighted by atomic mass is 10.1. The second-order valence-electron chi connectivity index (χ2n) is 5.08. The molecule has 0 fully saturated rings. The van der Waals surface area contributed by atoms with Crippen LogP contribution in [0.25, 0.3) is 10.7 Å². The zero-order chi connectivity index (χ0) is 15.5. The van der Waals surface area contributed by atoms with E-state index < -0.39 is 0 Å². The molecule has 0 aliphatic carbocycles. The molecule has 1 atom stereocenters. The number of aromatic nitrogens is 6. The molecule has 4 aromatic rings. The third-order valence-electron chi connectivity index (χ3n) is 3.58. The van der Waals surface area contributed by atoms with E-state index in [4.69, 9.17) is 0 Å². The Labute approximate surface area is 137 Å². The van der Waals surface area contributed by atoms with Crippen LogP contribution >= 0.6 is 11.3 Å². The number of hydrogen-bond acceptors (Lipinski definition) is 5. The summed E-state index contributed by atoms with van der Waals surface area (Å²) in [5.74, 6) is 0. The van der Waals surface area contributed by atoms with Gasteiger partial charge in [-0.2, -0.15) is 5.10 Å². The Morgan fingerprint density at radius 3 is 2.74 bits per heavy atom. The lowest BCUT2D eigenvalue weighted by molar-refractivity contribution is 0.421. The topological polar surface area (TPSA) is 61.4 Å². The minimum absolute atomic E-state index is 0.0253. The van der Waals surface area contributed by atoms with Gasteiger partial charge in [0.2, 0.25) is 0 Å². The van der Waals surface area contributed by atoms with Crippen molar-refractivity contribution in [3.63, 3.8) is 0 Å². The molecule has 0 N–H and O–H groups in total. The fourth-order valence-electron chi connectivity index (χ4n) is 2.48. The van der Waals surface area contributed by atoms with Crippen molar-refractivity contribution in [3.8, 4) is 10.7 Å². The van der Waals surface area contributed by atoms with Gasteiger partial charge < -0.3 is 0 Å². The second-order valence-corrected chi connectivity index (χ2v) is 5.97. The van der Waals surface area contributed by atoms with Crippen molar-refractivity contribution in [1.29, 1.82) is 0 Å². The second kappa shape index (κ2) is 6.13. The Balaban J connectivity index is 1.70. The standard InChI is InChI=1S/C16H14N6S/c1-2-5-13(6-3-1)15(12-21-9-4-7-18-21)22-11-14(19-20-22)16-17-8-10-23-16/h1-11,15H,12H2/t15-/m1/s1. The van der Waals surface area contributed by atoms with E-state index in [2.05, 4.69) is 32.5 Å². The number of hydrogen-bond donors (Lipinski definition) is 0. The largest absolute Gasteiger partial charge is 0.270 e. The molecule has 7 heteroatoms. The molecule has 114 valence electrons. The summed E-state index contributed by atoms with van der Waals surface area (Å²) >= 11 is 1.56. The maximum atomic E-state index is 4.32. The van der Waals surface area contributed by atoms with Crippen LogP contribution < -0.4 is 0 Å². The SMILES string of the molecule is c1ccc([C@@H](Cn2cccn2)n2cc(-c3nccs3)nn2)cc1. The van der Waals surface area contributed by atoms with Gasteiger partial charge in [-0.3, -0.25) is 4.68 Å². The molecule has 0 aliphatic rings. The van der Waals surface area contributed by atoms with Crippen molar-refractivity contribution in [2.75, 3.05) is 0 Å². The molecule has 0 unspecified atom stereocenters. The smallest absolute Gasteiger partial charge is 0.145 e. The van der Waals surface area contributed by atoms with Gasteiger partial charge >= 0.3 is 0 Å². The van der Waals surface area contributed by atoms with Gasteiger partial charge in [-0.15, -0.1) is 16.4 Å². The molecule has 0 saturated heterocycles. The van der Waals surface area contributed by atoms with Crippen LogP contribution in [-0.2, 0) is 6.54 Å². The molecule has 3 aromatic heterocycles. The predicted molar refractivity (Wildman–Crippen MR) is 87.9 cm³/mol. The van der Waals surface area contributed by atoms with Gasteiger partial charge in [0.1, 0.15) is 10.7 Å². The van der Waals surface area contributed by atoms with Crippen LogP contribution in [0.5, 0.6) is 0 Å². The van der Waals surface area contributed by atoms with Gasteiger partial charge in [-0.1, -0.05) is 35.5 Å². The fourth-order valence-corrected chi connectivity index (χ4v) is 3.07. The van der Waals surface area contributed by atoms with E-state index in [0.29, 0.717) is 6.54 Å². The summed E-state index contributed by atoms with van der Waals surface area (Å²) in [5.41, 5.74) is 1.96. The summed E-state index contributed by atoms with van der Waals surface area (Å²) in [6, 6.07) is 12.2. The predicted octanol–water partition coefficient (Wildman–Crippen LogP) is 2.89. The van der Waals surface area contributed by atoms with E-state index in [1.165, 1.54) is 5.56 Å². The van der Waals surface area contributed by atoms with Crippen molar-refractivity contribution in [2.24, 2.45) is 0 Å². The van der Waals surface area contributed by atoms with Gasteiger partial charge in [0.15, 0.2) is 0 Å². The highest BCUT2D eigenvalue weighted by Crippen LogP contribution is 2.23. The molecule has 0 saturated carbocycles. The average Bonchev–Trinajstić information content (AvgIpc) is 3.34. The quantitative estimate of drug-likeness (QED) is 0.567. The maximum absolute atomic E-state index is 4.32. The Bertz CT molecular complexity index is 851. The van der Waals surface area contributed by atoms with Crippen LogP contribution in [0.1, 0.15) is 11.6 Å². The van der Waals surface area contributed by atoms with E-state index >= 15 is 0 Å². The van der Waals surface area contributed by atoms with Gasteiger partial charge in [-0.25, -0.2) is 9.67 Å². The fraction of sp³-hybridized carbons (Fsp3) is 0.125. The van der Waals surface area contributed by atoms with E-state index in [0.717, 1.165) is 10.7 Å². The van der Waals surface area contributed by atoms with Gasteiger partial charge in [-0.05, 0) is 11.6 Å². The molecule has 6 nitrogen and oxygen atoms in total. The highest BCUT2D eigenvalue weighted by molar-refractivity contribution is 7.13. The number of rotatable bonds is 5. The van der Waals surface area contributed by atoms with Crippen LogP contribution in [0.2, 0.25) is 0 Å². The molecular weight excluding hydrogens is 308 g/mol. The lowest BCUT2D eigenvalue weighted by Gasteiger charge is -2.17. The van der Waals surface area contributed by atoms with E-state index in [1.54, 1.807) is 23.7 Å². The normalized spacial score (nSPS) is 12.3. The van der Waals surface area contributed by atoms with Crippen LogP contribution in [0.15, 0.2) is 66.6 Å². The van der Waals surface area contributed by atoms with Crippen LogP contribution in [-0.4, -0.2) is 29.8 Å². The van der Waals surface area contributed by atoms with Gasteiger partial charge in [0.25, 0.3) is 0 Å². The van der Waals surface area contributed by atoms with Crippen LogP contribution in [0, 0.1) is 0 Å². The summed E-state index contributed by atoms with van der Waals surface area (Å²) < 4.78 is 3.79. The molecule has 23 heavy (non-hydrogen) atoms. The minimum Gasteiger partial charge on any atom is -0.270 e. The first kappa shape index (κ1) is 13.8. The van der Waals surface area contributed by atoms with Crippen molar-refractivity contribution < 1.29 is 0 Å². The summed E-state index contributed by atoms with van der Waals surface area (Å²) in [6.45, 7) is 0.692. The Kier molecular flexibility index (Phi) is 3.69. The number of nitrogens with zero attached hydrogens (tertiary/aromatic N) is 6. The maximum Gasteiger partial charge on any atom is 0.145 e. The van der Waals surface area contributed by atoms with Crippen LogP contribution in [0.4, 0.5) is 0 Å². The third-order valence-corrected chi connectivity index (χ3v) is 4.38. The minimum atomic E-state index is 0.0253. The highest BCUT2D eigenvalue weighted by atomic mass is 32.1. The first-order chi connectivity index (χ1) is 11.4. The van der Waals surface area contributed by atoms with Crippen molar-refractivity contribution in [3.05, 3.63) is 72.1 Å². The summed E-state index contributed by atoms with van der Waals surface area (Å²) in [7, 11) is 0. The molecule has 0 radical (unpaired) electrons. The first-order valence-corrected chi connectivity index (χ1v) is 8.12. The highest BCUT2D eigenvalue weighted by Gasteiger charge is 2.17. The molecule has 3 heterocycles. The summed E-state index contributed by atoms with van der Waals surface area (Å²) in [4.78, 5) is 4.29. The molecular formula is C16H14N6S. The number of benzene rings is 1. The average molecular weight is 322 g/mol. The Hall–Kier alpha value is -2.80. The summed E-state index contributed by atoms with van der Waals surface area (Å²) in [6.07, 6.45) is 7.45. The van der Waals surface area contributed by atoms with E-state index in [1.807, 2.05) is 51.4 Å². The Morgan fingerprint density at radius 1 is 1.09 bits per heavy atom. The van der Waals surface area contributed by atoms with E-state index in [9.17, 15) is 0 Å². The molecule has 0 amide bonds. The van der Waals surface area contributed by atoms with Gasteiger partial charge in [0, 0.05) is 24.0 Å². The molecule has 4 rings (SSSR count). The van der Waals surface area contributed by atoms with E-state index in [-0.39, 0.29) is 6.04 Å². The molecule has 1 aromatic carbocycles. The lowest BCUT2D eigenvalue weighted by Crippen LogP contribution is -2.18. The first-order valence-electron chi connectivity index (χ1n) is 7.24. The van der Waals surface area contributed by atoms with Crippen molar-refractivity contribution >= 4 is 11.3 Å². The zero-order valence-corrected chi connectivity index (χ0v) is 13.0. The monoisotopic (exact) mass is 322 g/mol. The van der Waals surface area contributed by atoms with Crippen molar-refractivity contribution in [2.45, 2.75) is 12.6 Å².